The van der Waals surface area contributed by atoms with E-state index in [4.69, 9.17) is 22.2 Å². The second-order valence-electron chi connectivity index (χ2n) is 4.73. The molecule has 1 aromatic heterocycles. The van der Waals surface area contributed by atoms with E-state index in [9.17, 15) is 0 Å². The van der Waals surface area contributed by atoms with Crippen LogP contribution in [0.4, 0.5) is 5.95 Å². The van der Waals surface area contributed by atoms with Gasteiger partial charge in [0.05, 0.1) is 6.20 Å². The van der Waals surface area contributed by atoms with Crippen molar-refractivity contribution in [3.63, 3.8) is 0 Å². The van der Waals surface area contributed by atoms with E-state index in [1.165, 1.54) is 30.2 Å². The van der Waals surface area contributed by atoms with Crippen LogP contribution in [0.5, 0.6) is 11.6 Å². The van der Waals surface area contributed by atoms with Gasteiger partial charge in [-0.05, 0) is 48.9 Å². The minimum atomic E-state index is 0.266. The van der Waals surface area contributed by atoms with Crippen LogP contribution in [-0.2, 0) is 12.8 Å². The van der Waals surface area contributed by atoms with Crippen molar-refractivity contribution < 1.29 is 4.74 Å². The van der Waals surface area contributed by atoms with Crippen LogP contribution < -0.4 is 16.0 Å². The molecule has 0 fully saturated rings. The number of anilines is 1. The number of nitrogen functional groups attached to an aromatic ring is 1. The van der Waals surface area contributed by atoms with Crippen molar-refractivity contribution in [1.82, 2.24) is 9.97 Å². The van der Waals surface area contributed by atoms with Gasteiger partial charge in [-0.25, -0.2) is 10.8 Å². The Hall–Kier alpha value is -1.85. The molecule has 1 aliphatic rings. The Morgan fingerprint density at radius 3 is 2.80 bits per heavy atom. The van der Waals surface area contributed by atoms with Crippen LogP contribution >= 0.6 is 11.6 Å². The molecule has 104 valence electrons. The van der Waals surface area contributed by atoms with Gasteiger partial charge in [-0.1, -0.05) is 17.7 Å². The molecule has 0 spiro atoms. The molecule has 0 unspecified atom stereocenters. The molecule has 0 atom stereocenters. The molecule has 3 N–H and O–H groups in total. The topological polar surface area (TPSA) is 73.1 Å². The fourth-order valence-electron chi connectivity index (χ4n) is 2.38. The molecule has 20 heavy (non-hydrogen) atoms. The number of fused-ring (bicyclic) bond motifs is 1. The zero-order valence-electron chi connectivity index (χ0n) is 10.9. The third-order valence-electron chi connectivity index (χ3n) is 3.38. The Bertz CT molecular complexity index is 633. The van der Waals surface area contributed by atoms with Crippen LogP contribution in [0.1, 0.15) is 24.0 Å². The first-order valence-electron chi connectivity index (χ1n) is 6.55. The first-order valence-corrected chi connectivity index (χ1v) is 6.93. The average molecular weight is 291 g/mol. The summed E-state index contributed by atoms with van der Waals surface area (Å²) in [6.07, 6.45) is 6.19. The van der Waals surface area contributed by atoms with E-state index in [1.54, 1.807) is 0 Å². The Kier molecular flexibility index (Phi) is 3.71. The van der Waals surface area contributed by atoms with Crippen molar-refractivity contribution in [2.24, 2.45) is 5.84 Å². The molecular formula is C14H15ClN4O. The van der Waals surface area contributed by atoms with E-state index < -0.39 is 0 Å². The number of ether oxygens (including phenoxy) is 1. The lowest BCUT2D eigenvalue weighted by molar-refractivity contribution is 0.461. The van der Waals surface area contributed by atoms with E-state index in [1.807, 2.05) is 6.07 Å². The van der Waals surface area contributed by atoms with Crippen molar-refractivity contribution in [3.8, 4) is 11.6 Å². The minimum Gasteiger partial charge on any atom is -0.437 e. The Morgan fingerprint density at radius 2 is 2.00 bits per heavy atom. The molecule has 0 aliphatic heterocycles. The number of nitrogens with two attached hydrogens (primary N) is 1. The molecule has 0 radical (unpaired) electrons. The predicted octanol–water partition coefficient (Wildman–Crippen LogP) is 3.09. The average Bonchev–Trinajstić information content (AvgIpc) is 2.49. The van der Waals surface area contributed by atoms with Gasteiger partial charge in [-0.15, -0.1) is 0 Å². The number of nitrogens with one attached hydrogen (secondary N) is 1. The number of benzene rings is 1. The van der Waals surface area contributed by atoms with Gasteiger partial charge >= 0.3 is 0 Å². The van der Waals surface area contributed by atoms with E-state index in [0.29, 0.717) is 10.9 Å². The van der Waals surface area contributed by atoms with Gasteiger partial charge in [0, 0.05) is 0 Å². The standard InChI is InChI=1S/C14H15ClN4O/c15-12-8-17-14(19-16)18-13(12)20-11-6-5-9-3-1-2-4-10(9)7-11/h5-8H,1-4,16H2,(H,17,18,19). The lowest BCUT2D eigenvalue weighted by Gasteiger charge is -2.16. The van der Waals surface area contributed by atoms with Crippen molar-refractivity contribution in [2.45, 2.75) is 25.7 Å². The van der Waals surface area contributed by atoms with Gasteiger partial charge in [-0.2, -0.15) is 4.98 Å². The Balaban J connectivity index is 1.87. The van der Waals surface area contributed by atoms with Crippen LogP contribution in [0.15, 0.2) is 24.4 Å². The fourth-order valence-corrected chi connectivity index (χ4v) is 2.51. The number of nitrogens with zero attached hydrogens (tertiary/aromatic N) is 2. The monoisotopic (exact) mass is 290 g/mol. The van der Waals surface area contributed by atoms with Crippen molar-refractivity contribution in [1.29, 1.82) is 0 Å². The molecule has 1 heterocycles. The maximum atomic E-state index is 6.03. The van der Waals surface area contributed by atoms with Gasteiger partial charge in [0.1, 0.15) is 10.8 Å². The summed E-state index contributed by atoms with van der Waals surface area (Å²) in [6.45, 7) is 0. The van der Waals surface area contributed by atoms with E-state index in [-0.39, 0.29) is 5.95 Å². The summed E-state index contributed by atoms with van der Waals surface area (Å²) in [4.78, 5) is 8.01. The van der Waals surface area contributed by atoms with Gasteiger partial charge < -0.3 is 4.74 Å². The lowest BCUT2D eigenvalue weighted by Crippen LogP contribution is -2.10. The van der Waals surface area contributed by atoms with Gasteiger partial charge in [0.15, 0.2) is 0 Å². The quantitative estimate of drug-likeness (QED) is 0.671. The molecule has 0 saturated heterocycles. The van der Waals surface area contributed by atoms with Crippen LogP contribution in [0.25, 0.3) is 0 Å². The van der Waals surface area contributed by atoms with Crippen LogP contribution in [0.3, 0.4) is 0 Å². The largest absolute Gasteiger partial charge is 0.437 e. The van der Waals surface area contributed by atoms with Gasteiger partial charge in [0.25, 0.3) is 0 Å². The summed E-state index contributed by atoms with van der Waals surface area (Å²) < 4.78 is 5.74. The van der Waals surface area contributed by atoms with Crippen molar-refractivity contribution in [2.75, 3.05) is 5.43 Å². The highest BCUT2D eigenvalue weighted by atomic mass is 35.5. The maximum absolute atomic E-state index is 6.03. The molecule has 6 heteroatoms. The van der Waals surface area contributed by atoms with Gasteiger partial charge in [0.2, 0.25) is 11.8 Å². The molecule has 0 saturated carbocycles. The summed E-state index contributed by atoms with van der Waals surface area (Å²) >= 11 is 6.03. The van der Waals surface area contributed by atoms with E-state index in [0.717, 1.165) is 18.6 Å². The molecule has 2 aromatic rings. The molecule has 3 rings (SSSR count). The minimum absolute atomic E-state index is 0.266. The SMILES string of the molecule is NNc1ncc(Cl)c(Oc2ccc3c(c2)CCCC3)n1. The summed E-state index contributed by atoms with van der Waals surface area (Å²) in [5, 5.41) is 0.349. The normalized spacial score (nSPS) is 13.7. The summed E-state index contributed by atoms with van der Waals surface area (Å²) in [7, 11) is 0. The second kappa shape index (κ2) is 5.64. The number of rotatable bonds is 3. The summed E-state index contributed by atoms with van der Waals surface area (Å²) in [5.74, 6) is 6.57. The molecule has 1 aliphatic carbocycles. The van der Waals surface area contributed by atoms with Crippen molar-refractivity contribution >= 4 is 17.5 Å². The van der Waals surface area contributed by atoms with Gasteiger partial charge in [-0.3, -0.25) is 5.43 Å². The zero-order chi connectivity index (χ0) is 13.9. The number of hydrazine groups is 1. The highest BCUT2D eigenvalue weighted by Crippen LogP contribution is 2.30. The Labute approximate surface area is 122 Å². The Morgan fingerprint density at radius 1 is 1.20 bits per heavy atom. The van der Waals surface area contributed by atoms with E-state index in [2.05, 4.69) is 27.5 Å². The summed E-state index contributed by atoms with van der Waals surface area (Å²) in [5.41, 5.74) is 5.12. The fraction of sp³-hybridized carbons (Fsp3) is 0.286. The number of halogens is 1. The molecule has 5 nitrogen and oxygen atoms in total. The molecule has 1 aromatic carbocycles. The third-order valence-corrected chi connectivity index (χ3v) is 3.63. The third kappa shape index (κ3) is 2.69. The zero-order valence-corrected chi connectivity index (χ0v) is 11.7. The molecular weight excluding hydrogens is 276 g/mol. The lowest BCUT2D eigenvalue weighted by atomic mass is 9.92. The maximum Gasteiger partial charge on any atom is 0.243 e. The van der Waals surface area contributed by atoms with E-state index >= 15 is 0 Å². The van der Waals surface area contributed by atoms with Crippen LogP contribution in [-0.4, -0.2) is 9.97 Å². The highest BCUT2D eigenvalue weighted by molar-refractivity contribution is 6.31. The number of hydrogen-bond acceptors (Lipinski definition) is 5. The number of aromatic nitrogens is 2. The van der Waals surface area contributed by atoms with Crippen molar-refractivity contribution in [3.05, 3.63) is 40.5 Å². The summed E-state index contributed by atoms with van der Waals surface area (Å²) in [6, 6.07) is 6.11. The molecule has 0 bridgehead atoms. The first kappa shape index (κ1) is 13.1. The predicted molar refractivity (Wildman–Crippen MR) is 78.0 cm³/mol. The number of aryl methyl sites for hydroxylation is 2. The second-order valence-corrected chi connectivity index (χ2v) is 5.14. The van der Waals surface area contributed by atoms with Crippen LogP contribution in [0, 0.1) is 0 Å². The van der Waals surface area contributed by atoms with Crippen LogP contribution in [0.2, 0.25) is 5.02 Å². The smallest absolute Gasteiger partial charge is 0.243 e. The highest BCUT2D eigenvalue weighted by Gasteiger charge is 2.12. The molecule has 0 amide bonds. The first-order chi connectivity index (χ1) is 9.76. The number of hydrogen-bond donors (Lipinski definition) is 2.